The minimum absolute atomic E-state index is 0.0946. The van der Waals surface area contributed by atoms with Crippen LogP contribution in [0.2, 0.25) is 0 Å². The summed E-state index contributed by atoms with van der Waals surface area (Å²) in [5, 5.41) is 0. The number of esters is 3. The van der Waals surface area contributed by atoms with Crippen LogP contribution in [0.25, 0.3) is 0 Å². The average molecular weight is 1050 g/mol. The van der Waals surface area contributed by atoms with Gasteiger partial charge in [0.15, 0.2) is 6.10 Å². The number of rotatable bonds is 58. The molecule has 0 rings (SSSR count). The van der Waals surface area contributed by atoms with Crippen LogP contribution in [0.4, 0.5) is 0 Å². The van der Waals surface area contributed by atoms with E-state index >= 15 is 0 Å². The Bertz CT molecular complexity index is 1430. The molecule has 0 saturated heterocycles. The Morgan fingerprint density at radius 1 is 0.267 bits per heavy atom. The third kappa shape index (κ3) is 61.3. The van der Waals surface area contributed by atoms with Crippen molar-refractivity contribution in [1.82, 2.24) is 0 Å². The maximum Gasteiger partial charge on any atom is 0.306 e. The molecule has 0 bridgehead atoms. The third-order valence-electron chi connectivity index (χ3n) is 13.9. The molecule has 0 N–H and O–H groups in total. The van der Waals surface area contributed by atoms with E-state index in [0.29, 0.717) is 12.8 Å². The molecule has 0 saturated carbocycles. The number of carbonyl (C=O) groups excluding carboxylic acids is 3. The standard InChI is InChI=1S/C69H120O6/c1-4-7-10-13-16-19-22-25-28-31-33-34-36-38-41-44-47-50-53-56-59-62-68(71)74-65-66(64-73-67(70)61-58-55-52-49-46-43-40-37-30-27-24-21-18-15-12-9-6-3)75-69(72)63-60-57-54-51-48-45-42-39-35-32-29-26-23-20-17-14-11-8-5-2/h17-18,20-21,26-27,29-30,35,39-40,43,45,48,66H,4-16,19,22-25,28,31-34,36-38,41-42,44,46-47,49-65H2,1-3H3/b20-17-,21-18-,29-26-,30-27-,39-35-,43-40-,48-45-/t66-/m1/s1. The fraction of sp³-hybridized carbons (Fsp3) is 0.754. The molecule has 75 heavy (non-hydrogen) atoms. The Hall–Kier alpha value is -3.41. The molecule has 0 radical (unpaired) electrons. The van der Waals surface area contributed by atoms with Crippen molar-refractivity contribution < 1.29 is 28.6 Å². The summed E-state index contributed by atoms with van der Waals surface area (Å²) in [7, 11) is 0. The summed E-state index contributed by atoms with van der Waals surface area (Å²) >= 11 is 0. The van der Waals surface area contributed by atoms with Gasteiger partial charge in [0.2, 0.25) is 0 Å². The molecule has 0 aromatic carbocycles. The van der Waals surface area contributed by atoms with E-state index in [4.69, 9.17) is 14.2 Å². The highest BCUT2D eigenvalue weighted by molar-refractivity contribution is 5.71. The van der Waals surface area contributed by atoms with Crippen LogP contribution in [0.1, 0.15) is 316 Å². The molecule has 0 aliphatic heterocycles. The Morgan fingerprint density at radius 2 is 0.480 bits per heavy atom. The van der Waals surface area contributed by atoms with Gasteiger partial charge in [-0.05, 0) is 103 Å². The topological polar surface area (TPSA) is 78.9 Å². The summed E-state index contributed by atoms with van der Waals surface area (Å²) in [6.07, 6.45) is 83.0. The van der Waals surface area contributed by atoms with Crippen LogP contribution in [0.15, 0.2) is 85.1 Å². The zero-order valence-electron chi connectivity index (χ0n) is 49.6. The first kappa shape index (κ1) is 71.6. The lowest BCUT2D eigenvalue weighted by Gasteiger charge is -2.18. The van der Waals surface area contributed by atoms with Crippen LogP contribution < -0.4 is 0 Å². The molecule has 0 aromatic heterocycles. The molecule has 1 atom stereocenters. The molecular weight excluding hydrogens is 925 g/mol. The molecule has 6 heteroatoms. The van der Waals surface area contributed by atoms with Gasteiger partial charge in [0.05, 0.1) is 0 Å². The SMILES string of the molecule is CCCCC/C=C\C/C=C\C/C=C\C/C=C\CCCCCC(=O)O[C@H](COC(=O)CCCCCC/C=C\C/C=C\C/C=C\CCCCC)COC(=O)CCCCCCCCCCCCCCCCCCCCCCC. The first-order valence-corrected chi connectivity index (χ1v) is 32.1. The second-order valence-corrected chi connectivity index (χ2v) is 21.3. The van der Waals surface area contributed by atoms with Gasteiger partial charge in [-0.25, -0.2) is 0 Å². The molecule has 0 aromatic rings. The number of hydrogen-bond donors (Lipinski definition) is 0. The third-order valence-corrected chi connectivity index (χ3v) is 13.9. The van der Waals surface area contributed by atoms with Crippen molar-refractivity contribution in [1.29, 1.82) is 0 Å². The van der Waals surface area contributed by atoms with E-state index in [0.717, 1.165) is 109 Å². The maximum atomic E-state index is 12.9. The monoisotopic (exact) mass is 1040 g/mol. The second-order valence-electron chi connectivity index (χ2n) is 21.3. The minimum atomic E-state index is -0.803. The summed E-state index contributed by atoms with van der Waals surface area (Å²) in [6.45, 7) is 6.58. The van der Waals surface area contributed by atoms with E-state index < -0.39 is 6.10 Å². The molecule has 0 unspecified atom stereocenters. The van der Waals surface area contributed by atoms with E-state index in [1.54, 1.807) is 0 Å². The number of allylic oxidation sites excluding steroid dienone is 14. The van der Waals surface area contributed by atoms with Crippen molar-refractivity contribution in [3.63, 3.8) is 0 Å². The largest absolute Gasteiger partial charge is 0.462 e. The lowest BCUT2D eigenvalue weighted by molar-refractivity contribution is -0.167. The Kier molecular flexibility index (Phi) is 60.3. The first-order chi connectivity index (χ1) is 37.0. The van der Waals surface area contributed by atoms with Gasteiger partial charge in [-0.1, -0.05) is 279 Å². The van der Waals surface area contributed by atoms with E-state index in [9.17, 15) is 14.4 Å². The van der Waals surface area contributed by atoms with Crippen LogP contribution in [0.5, 0.6) is 0 Å². The summed E-state index contributed by atoms with van der Waals surface area (Å²) < 4.78 is 16.9. The van der Waals surface area contributed by atoms with E-state index in [2.05, 4.69) is 106 Å². The van der Waals surface area contributed by atoms with Gasteiger partial charge in [0.1, 0.15) is 13.2 Å². The summed E-state index contributed by atoms with van der Waals surface area (Å²) in [5.41, 5.74) is 0. The van der Waals surface area contributed by atoms with E-state index in [1.807, 2.05) is 0 Å². The molecule has 0 fully saturated rings. The fourth-order valence-electron chi connectivity index (χ4n) is 9.02. The van der Waals surface area contributed by atoms with Crippen molar-refractivity contribution in [3.8, 4) is 0 Å². The molecule has 432 valence electrons. The zero-order chi connectivity index (χ0) is 54.3. The smallest absolute Gasteiger partial charge is 0.306 e. The molecule has 6 nitrogen and oxygen atoms in total. The Labute approximate surface area is 465 Å². The lowest BCUT2D eigenvalue weighted by atomic mass is 10.0. The normalized spacial score (nSPS) is 12.6. The number of carbonyl (C=O) groups is 3. The highest BCUT2D eigenvalue weighted by atomic mass is 16.6. The van der Waals surface area contributed by atoms with E-state index in [-0.39, 0.29) is 37.5 Å². The predicted octanol–water partition coefficient (Wildman–Crippen LogP) is 21.9. The van der Waals surface area contributed by atoms with Crippen LogP contribution in [0.3, 0.4) is 0 Å². The van der Waals surface area contributed by atoms with Crippen molar-refractivity contribution in [2.75, 3.05) is 13.2 Å². The summed E-state index contributed by atoms with van der Waals surface area (Å²) in [5.74, 6) is -0.935. The molecular formula is C69H120O6. The first-order valence-electron chi connectivity index (χ1n) is 32.1. The number of unbranched alkanes of at least 4 members (excludes halogenated alkanes) is 33. The highest BCUT2D eigenvalue weighted by Gasteiger charge is 2.19. The van der Waals surface area contributed by atoms with Gasteiger partial charge in [-0.3, -0.25) is 14.4 Å². The molecule has 0 aliphatic rings. The van der Waals surface area contributed by atoms with Gasteiger partial charge >= 0.3 is 17.9 Å². The minimum Gasteiger partial charge on any atom is -0.462 e. The highest BCUT2D eigenvalue weighted by Crippen LogP contribution is 2.17. The molecule has 0 amide bonds. The molecule has 0 aliphatic carbocycles. The van der Waals surface area contributed by atoms with Gasteiger partial charge in [0.25, 0.3) is 0 Å². The molecule has 0 spiro atoms. The van der Waals surface area contributed by atoms with Gasteiger partial charge in [-0.2, -0.15) is 0 Å². The number of hydrogen-bond acceptors (Lipinski definition) is 6. The van der Waals surface area contributed by atoms with E-state index in [1.165, 1.54) is 167 Å². The van der Waals surface area contributed by atoms with Crippen molar-refractivity contribution in [2.45, 2.75) is 322 Å². The van der Waals surface area contributed by atoms with Crippen molar-refractivity contribution in [2.24, 2.45) is 0 Å². The van der Waals surface area contributed by atoms with Gasteiger partial charge in [0, 0.05) is 19.3 Å². The molecule has 0 heterocycles. The van der Waals surface area contributed by atoms with Gasteiger partial charge < -0.3 is 14.2 Å². The Morgan fingerprint density at radius 3 is 0.787 bits per heavy atom. The average Bonchev–Trinajstić information content (AvgIpc) is 3.41. The second kappa shape index (κ2) is 63.1. The lowest BCUT2D eigenvalue weighted by Crippen LogP contribution is -2.30. The van der Waals surface area contributed by atoms with Crippen LogP contribution in [-0.4, -0.2) is 37.2 Å². The maximum absolute atomic E-state index is 12.9. The quantitative estimate of drug-likeness (QED) is 0.0261. The van der Waals surface area contributed by atoms with Crippen LogP contribution in [-0.2, 0) is 28.6 Å². The fourth-order valence-corrected chi connectivity index (χ4v) is 9.02. The van der Waals surface area contributed by atoms with Crippen LogP contribution >= 0.6 is 0 Å². The number of ether oxygens (including phenoxy) is 3. The summed E-state index contributed by atoms with van der Waals surface area (Å²) in [4.78, 5) is 38.3. The Balaban J connectivity index is 4.44. The van der Waals surface area contributed by atoms with Crippen LogP contribution in [0, 0.1) is 0 Å². The van der Waals surface area contributed by atoms with Crippen molar-refractivity contribution >= 4 is 17.9 Å². The summed E-state index contributed by atoms with van der Waals surface area (Å²) in [6, 6.07) is 0. The zero-order valence-corrected chi connectivity index (χ0v) is 49.6. The van der Waals surface area contributed by atoms with Gasteiger partial charge in [-0.15, -0.1) is 0 Å². The predicted molar refractivity (Wildman–Crippen MR) is 325 cm³/mol. The van der Waals surface area contributed by atoms with Crippen molar-refractivity contribution in [3.05, 3.63) is 85.1 Å².